The van der Waals surface area contributed by atoms with E-state index < -0.39 is 42.0 Å². The quantitative estimate of drug-likeness (QED) is 0.132. The lowest BCUT2D eigenvalue weighted by atomic mass is 9.75. The Hall–Kier alpha value is -4.13. The minimum Gasteiger partial charge on any atom is -0.390 e. The Kier molecular flexibility index (Phi) is 14.1. The summed E-state index contributed by atoms with van der Waals surface area (Å²) in [6.45, 7) is 2.76. The summed E-state index contributed by atoms with van der Waals surface area (Å²) in [4.78, 5) is 54.7. The molecule has 0 radical (unpaired) electrons. The smallest absolute Gasteiger partial charge is 0.243 e. The number of nitrogens with zero attached hydrogens (tertiary/aromatic N) is 3. The number of rotatable bonds is 16. The third-order valence-corrected chi connectivity index (χ3v) is 10.7. The third kappa shape index (κ3) is 11.2. The fourth-order valence-corrected chi connectivity index (χ4v) is 7.59. The molecule has 3 heterocycles. The number of piperidine rings is 1. The number of benzene rings is 1. The van der Waals surface area contributed by atoms with Gasteiger partial charge in [0.25, 0.3) is 0 Å². The molecule has 1 aromatic carbocycles. The van der Waals surface area contributed by atoms with Gasteiger partial charge in [0.2, 0.25) is 17.7 Å². The number of carbonyl (C=O) groups excluding carboxylic acids is 3. The Morgan fingerprint density at radius 2 is 1.67 bits per heavy atom. The molecule has 276 valence electrons. The minimum absolute atomic E-state index is 0.00585. The summed E-state index contributed by atoms with van der Waals surface area (Å²) in [7, 11) is 0. The van der Waals surface area contributed by atoms with E-state index in [4.69, 9.17) is 5.73 Å². The molecule has 3 aromatic rings. The largest absolute Gasteiger partial charge is 0.390 e. The third-order valence-electron chi connectivity index (χ3n) is 10.7. The molecule has 2 aliphatic rings. The number of hydrogen-bond donors (Lipinski definition) is 6. The maximum atomic E-state index is 14.0. The number of amides is 3. The summed E-state index contributed by atoms with van der Waals surface area (Å²) in [6, 6.07) is 13.5. The molecule has 1 saturated heterocycles. The van der Waals surface area contributed by atoms with Crippen molar-refractivity contribution in [2.24, 2.45) is 17.6 Å². The highest BCUT2D eigenvalue weighted by molar-refractivity contribution is 5.91. The Balaban J connectivity index is 1.27. The van der Waals surface area contributed by atoms with E-state index in [-0.39, 0.29) is 30.7 Å². The second-order valence-electron chi connectivity index (χ2n) is 14.5. The van der Waals surface area contributed by atoms with Crippen molar-refractivity contribution in [3.05, 3.63) is 84.2 Å². The van der Waals surface area contributed by atoms with Crippen molar-refractivity contribution in [2.75, 3.05) is 13.1 Å². The zero-order valence-corrected chi connectivity index (χ0v) is 29.7. The first-order valence-corrected chi connectivity index (χ1v) is 18.6. The molecular formula is C39H55N7O5. The molecule has 12 nitrogen and oxygen atoms in total. The molecule has 1 aliphatic heterocycles. The normalized spacial score (nSPS) is 19.3. The van der Waals surface area contributed by atoms with Crippen LogP contribution < -0.4 is 16.4 Å². The molecule has 1 saturated carbocycles. The van der Waals surface area contributed by atoms with Crippen molar-refractivity contribution >= 4 is 17.7 Å². The SMILES string of the molecule is C[C@H](NC(=O)[C@H](Cc1cnc[nH]1)NC(=O)[C@@H](CC(=O)N1CCC(N)CC1)Cc1ccccc1)[C@@H](O)[C@@H](O)CC(c1ccccn1)C1CCCCC1. The molecule has 12 heteroatoms. The van der Waals surface area contributed by atoms with Crippen LogP contribution in [0, 0.1) is 11.8 Å². The Labute approximate surface area is 301 Å². The number of pyridine rings is 1. The maximum absolute atomic E-state index is 14.0. The Bertz CT molecular complexity index is 1490. The van der Waals surface area contributed by atoms with Gasteiger partial charge in [-0.3, -0.25) is 19.4 Å². The van der Waals surface area contributed by atoms with Crippen molar-refractivity contribution in [3.8, 4) is 0 Å². The van der Waals surface area contributed by atoms with Gasteiger partial charge in [0, 0.05) is 61.7 Å². The lowest BCUT2D eigenvalue weighted by molar-refractivity contribution is -0.138. The molecule has 0 bridgehead atoms. The number of aromatic nitrogens is 3. The molecule has 7 N–H and O–H groups in total. The molecule has 3 amide bonds. The van der Waals surface area contributed by atoms with Crippen LogP contribution in [0.15, 0.2) is 67.3 Å². The number of carbonyl (C=O) groups is 3. The summed E-state index contributed by atoms with van der Waals surface area (Å²) in [5.74, 6) is -1.43. The van der Waals surface area contributed by atoms with Crippen molar-refractivity contribution in [3.63, 3.8) is 0 Å². The molecule has 1 aliphatic carbocycles. The average Bonchev–Trinajstić information content (AvgIpc) is 3.67. The van der Waals surface area contributed by atoms with E-state index in [1.54, 1.807) is 24.2 Å². The van der Waals surface area contributed by atoms with Gasteiger partial charge >= 0.3 is 0 Å². The molecule has 5 rings (SSSR count). The van der Waals surface area contributed by atoms with E-state index in [1.165, 1.54) is 12.7 Å². The van der Waals surface area contributed by atoms with Crippen LogP contribution in [-0.4, -0.2) is 91.2 Å². The topological polar surface area (TPSA) is 187 Å². The van der Waals surface area contributed by atoms with E-state index in [9.17, 15) is 24.6 Å². The Morgan fingerprint density at radius 3 is 2.33 bits per heavy atom. The zero-order chi connectivity index (χ0) is 36.2. The number of nitrogens with two attached hydrogens (primary N) is 1. The van der Waals surface area contributed by atoms with Crippen LogP contribution in [0.3, 0.4) is 0 Å². The minimum atomic E-state index is -1.26. The molecule has 2 aromatic heterocycles. The summed E-state index contributed by atoms with van der Waals surface area (Å²) in [6.07, 6.45) is 10.2. The second kappa shape index (κ2) is 18.9. The summed E-state index contributed by atoms with van der Waals surface area (Å²) < 4.78 is 0. The number of imidazole rings is 1. The van der Waals surface area contributed by atoms with Gasteiger partial charge in [0.1, 0.15) is 6.04 Å². The zero-order valence-electron chi connectivity index (χ0n) is 29.7. The van der Waals surface area contributed by atoms with Gasteiger partial charge in [0.05, 0.1) is 30.5 Å². The monoisotopic (exact) mass is 701 g/mol. The van der Waals surface area contributed by atoms with Crippen LogP contribution in [-0.2, 0) is 27.2 Å². The lowest BCUT2D eigenvalue weighted by Crippen LogP contribution is -2.55. The van der Waals surface area contributed by atoms with Gasteiger partial charge < -0.3 is 36.5 Å². The van der Waals surface area contributed by atoms with Gasteiger partial charge in [-0.05, 0) is 69.1 Å². The van der Waals surface area contributed by atoms with Crippen molar-refractivity contribution in [1.29, 1.82) is 0 Å². The van der Waals surface area contributed by atoms with Crippen molar-refractivity contribution in [2.45, 2.75) is 114 Å². The molecule has 1 unspecified atom stereocenters. The fourth-order valence-electron chi connectivity index (χ4n) is 7.59. The van der Waals surface area contributed by atoms with Gasteiger partial charge in [0.15, 0.2) is 0 Å². The predicted octanol–water partition coefficient (Wildman–Crippen LogP) is 3.01. The average molecular weight is 702 g/mol. The summed E-state index contributed by atoms with van der Waals surface area (Å²) >= 11 is 0. The highest BCUT2D eigenvalue weighted by Crippen LogP contribution is 2.38. The van der Waals surface area contributed by atoms with E-state index in [1.807, 2.05) is 48.5 Å². The van der Waals surface area contributed by atoms with Crippen molar-refractivity contribution < 1.29 is 24.6 Å². The molecule has 0 spiro atoms. The summed E-state index contributed by atoms with van der Waals surface area (Å²) in [5, 5.41) is 28.4. The number of nitrogens with one attached hydrogen (secondary N) is 3. The van der Waals surface area contributed by atoms with Gasteiger partial charge in [-0.2, -0.15) is 0 Å². The summed E-state index contributed by atoms with van der Waals surface area (Å²) in [5.41, 5.74) is 8.50. The van der Waals surface area contributed by atoms with E-state index in [0.29, 0.717) is 37.5 Å². The molecule has 51 heavy (non-hydrogen) atoms. The number of aliphatic hydroxyl groups excluding tert-OH is 2. The number of hydrogen-bond acceptors (Lipinski definition) is 8. The standard InChI is InChI=1S/C39H55N7O5/c1-26(37(49)35(47)23-32(28-12-6-3-7-13-28)33-14-8-9-17-42-33)44-39(51)34(22-31-24-41-25-43-31)45-38(50)29(20-27-10-4-2-5-11-27)21-36(48)46-18-15-30(40)16-19-46/h2,4-5,8-11,14,17,24-26,28-30,32,34-35,37,47,49H,3,6-7,12-13,15-16,18-23,40H2,1H3,(H,41,43)(H,44,51)(H,45,50)/t26-,29+,32?,34-,35-,37+/m0/s1. The number of H-pyrrole nitrogens is 1. The van der Waals surface area contributed by atoms with Crippen LogP contribution in [0.4, 0.5) is 0 Å². The number of likely N-dealkylation sites (tertiary alicyclic amines) is 1. The first kappa shape index (κ1) is 38.1. The number of aromatic amines is 1. The van der Waals surface area contributed by atoms with E-state index in [0.717, 1.165) is 49.8 Å². The molecular weight excluding hydrogens is 646 g/mol. The number of aliphatic hydroxyl groups is 2. The van der Waals surface area contributed by atoms with E-state index in [2.05, 4.69) is 25.6 Å². The van der Waals surface area contributed by atoms with Crippen LogP contribution in [0.25, 0.3) is 0 Å². The molecule has 6 atom stereocenters. The van der Waals surface area contributed by atoms with Crippen LogP contribution in [0.2, 0.25) is 0 Å². The first-order chi connectivity index (χ1) is 24.7. The van der Waals surface area contributed by atoms with Gasteiger partial charge in [-0.15, -0.1) is 0 Å². The Morgan fingerprint density at radius 1 is 0.941 bits per heavy atom. The van der Waals surface area contributed by atoms with Crippen molar-refractivity contribution in [1.82, 2.24) is 30.5 Å². The fraction of sp³-hybridized carbons (Fsp3) is 0.564. The van der Waals surface area contributed by atoms with Gasteiger partial charge in [-0.1, -0.05) is 55.7 Å². The molecule has 2 fully saturated rings. The lowest BCUT2D eigenvalue weighted by Gasteiger charge is -2.34. The van der Waals surface area contributed by atoms with Crippen LogP contribution >= 0.6 is 0 Å². The van der Waals surface area contributed by atoms with Crippen LogP contribution in [0.1, 0.15) is 87.6 Å². The maximum Gasteiger partial charge on any atom is 0.243 e. The highest BCUT2D eigenvalue weighted by atomic mass is 16.3. The highest BCUT2D eigenvalue weighted by Gasteiger charge is 2.35. The van der Waals surface area contributed by atoms with Gasteiger partial charge in [-0.25, -0.2) is 4.98 Å². The first-order valence-electron chi connectivity index (χ1n) is 18.6. The second-order valence-corrected chi connectivity index (χ2v) is 14.5. The van der Waals surface area contributed by atoms with E-state index >= 15 is 0 Å². The van der Waals surface area contributed by atoms with Crippen LogP contribution in [0.5, 0.6) is 0 Å². The predicted molar refractivity (Wildman–Crippen MR) is 194 cm³/mol.